The van der Waals surface area contributed by atoms with Crippen LogP contribution < -0.4 is 0 Å². The second-order valence-electron chi connectivity index (χ2n) is 9.97. The summed E-state index contributed by atoms with van der Waals surface area (Å²) in [5.74, 6) is 3.99. The number of hydrogen-bond acceptors (Lipinski definition) is 3. The zero-order chi connectivity index (χ0) is 17.1. The van der Waals surface area contributed by atoms with Crippen LogP contribution in [-0.2, 0) is 4.79 Å². The van der Waals surface area contributed by atoms with E-state index in [1.807, 2.05) is 6.92 Å². The van der Waals surface area contributed by atoms with Crippen molar-refractivity contribution in [2.45, 2.75) is 77.2 Å². The second-order valence-corrected chi connectivity index (χ2v) is 9.97. The molecular weight excluding hydrogens is 300 g/mol. The lowest BCUT2D eigenvalue weighted by Gasteiger charge is -2.56. The first-order valence-electron chi connectivity index (χ1n) is 10.2. The summed E-state index contributed by atoms with van der Waals surface area (Å²) in [6.07, 6.45) is 10.3. The average Bonchev–Trinajstić information content (AvgIpc) is 2.90. The number of carbonyl (C=O) groups excluding carboxylic acids is 1. The van der Waals surface area contributed by atoms with Gasteiger partial charge in [-0.25, -0.2) is 0 Å². The first-order valence-corrected chi connectivity index (χ1v) is 10.2. The van der Waals surface area contributed by atoms with E-state index < -0.39 is 5.60 Å². The molecule has 0 saturated heterocycles. The number of hydrogen-bond donors (Lipinski definition) is 2. The van der Waals surface area contributed by atoms with Crippen molar-refractivity contribution in [2.24, 2.45) is 40.9 Å². The van der Waals surface area contributed by atoms with Gasteiger partial charge in [0.25, 0.3) is 0 Å². The van der Waals surface area contributed by atoms with Crippen LogP contribution in [0.5, 0.6) is 0 Å². The van der Waals surface area contributed by atoms with Crippen LogP contribution in [0.25, 0.3) is 0 Å². The molecule has 0 spiro atoms. The summed E-state index contributed by atoms with van der Waals surface area (Å²) in [5, 5.41) is 19.8. The Morgan fingerprint density at radius 2 is 1.71 bits per heavy atom. The van der Waals surface area contributed by atoms with Crippen LogP contribution in [0.3, 0.4) is 0 Å². The van der Waals surface area contributed by atoms with Crippen molar-refractivity contribution in [3.8, 4) is 0 Å². The van der Waals surface area contributed by atoms with Crippen molar-refractivity contribution in [1.82, 2.24) is 0 Å². The normalized spacial score (nSPS) is 53.8. The third-order valence-corrected chi connectivity index (χ3v) is 8.78. The molecule has 0 heterocycles. The van der Waals surface area contributed by atoms with Gasteiger partial charge in [-0.15, -0.1) is 0 Å². The molecular formula is C21H34O3. The lowest BCUT2D eigenvalue weighted by molar-refractivity contribution is -0.134. The molecule has 0 amide bonds. The Labute approximate surface area is 146 Å². The molecule has 4 aliphatic rings. The fourth-order valence-electron chi connectivity index (χ4n) is 7.72. The molecule has 0 radical (unpaired) electrons. The standard InChI is InChI=1S/C21H34O3/c1-20(24)9-7-14-13(11-20)3-4-16-15(14)8-10-21(2)17(16)5-6-18(21)19(23)12-22/h13-18,22,24H,3-12H2,1-2H3/t13-,14+,15-,16-,17+,18-,20+,21+/m1/s1. The predicted octanol–water partition coefficient (Wildman–Crippen LogP) is 3.57. The number of fused-ring (bicyclic) bond motifs is 5. The number of carbonyl (C=O) groups is 1. The van der Waals surface area contributed by atoms with Gasteiger partial charge in [0.05, 0.1) is 5.60 Å². The minimum Gasteiger partial charge on any atom is -0.390 e. The molecule has 8 atom stereocenters. The minimum absolute atomic E-state index is 0.0841. The number of aliphatic hydroxyl groups is 2. The molecule has 0 unspecified atom stereocenters. The monoisotopic (exact) mass is 334 g/mol. The first kappa shape index (κ1) is 17.0. The van der Waals surface area contributed by atoms with Crippen LogP contribution in [0.1, 0.15) is 71.6 Å². The number of ketones is 1. The van der Waals surface area contributed by atoms with Crippen LogP contribution in [-0.4, -0.2) is 28.2 Å². The highest BCUT2D eigenvalue weighted by molar-refractivity contribution is 5.83. The van der Waals surface area contributed by atoms with Gasteiger partial charge < -0.3 is 10.2 Å². The van der Waals surface area contributed by atoms with Crippen LogP contribution in [0.4, 0.5) is 0 Å². The SMILES string of the molecule is C[C@]1(O)CC[C@H]2[C@H](CC[C@@H]3[C@@H]2CC[C@]2(C)[C@@H](C(=O)CO)CC[C@@H]32)C1. The fraction of sp³-hybridized carbons (Fsp3) is 0.952. The number of aliphatic hydroxyl groups excluding tert-OH is 1. The van der Waals surface area contributed by atoms with E-state index in [1.54, 1.807) is 0 Å². The summed E-state index contributed by atoms with van der Waals surface area (Å²) < 4.78 is 0. The molecule has 0 aliphatic heterocycles. The van der Waals surface area contributed by atoms with Gasteiger partial charge in [-0.1, -0.05) is 6.92 Å². The van der Waals surface area contributed by atoms with E-state index in [0.29, 0.717) is 5.92 Å². The van der Waals surface area contributed by atoms with Crippen molar-refractivity contribution in [3.05, 3.63) is 0 Å². The van der Waals surface area contributed by atoms with Crippen LogP contribution >= 0.6 is 0 Å². The van der Waals surface area contributed by atoms with Gasteiger partial charge in [-0.05, 0) is 99.7 Å². The van der Waals surface area contributed by atoms with Crippen LogP contribution in [0, 0.1) is 40.9 Å². The van der Waals surface area contributed by atoms with Crippen LogP contribution in [0.2, 0.25) is 0 Å². The van der Waals surface area contributed by atoms with E-state index in [4.69, 9.17) is 0 Å². The molecule has 0 aromatic heterocycles. The number of Topliss-reactive ketones (excluding diaryl/α,β-unsaturated/α-hetero) is 1. The van der Waals surface area contributed by atoms with Gasteiger partial charge in [-0.3, -0.25) is 4.79 Å². The molecule has 24 heavy (non-hydrogen) atoms. The van der Waals surface area contributed by atoms with E-state index >= 15 is 0 Å². The summed E-state index contributed by atoms with van der Waals surface area (Å²) >= 11 is 0. The molecule has 3 heteroatoms. The Morgan fingerprint density at radius 1 is 0.958 bits per heavy atom. The van der Waals surface area contributed by atoms with E-state index in [2.05, 4.69) is 6.92 Å². The lowest BCUT2D eigenvalue weighted by atomic mass is 9.49. The maximum Gasteiger partial charge on any atom is 0.161 e. The van der Waals surface area contributed by atoms with Crippen molar-refractivity contribution in [2.75, 3.05) is 6.61 Å². The molecule has 4 fully saturated rings. The van der Waals surface area contributed by atoms with E-state index in [-0.39, 0.29) is 23.7 Å². The van der Waals surface area contributed by atoms with Crippen molar-refractivity contribution < 1.29 is 15.0 Å². The Kier molecular flexibility index (Phi) is 4.12. The quantitative estimate of drug-likeness (QED) is 0.812. The Balaban J connectivity index is 1.54. The Morgan fingerprint density at radius 3 is 2.46 bits per heavy atom. The molecule has 4 rings (SSSR count). The first-order chi connectivity index (χ1) is 11.4. The average molecular weight is 335 g/mol. The van der Waals surface area contributed by atoms with E-state index in [0.717, 1.165) is 49.4 Å². The highest BCUT2D eigenvalue weighted by atomic mass is 16.3. The zero-order valence-corrected chi connectivity index (χ0v) is 15.3. The Hall–Kier alpha value is -0.410. The molecule has 136 valence electrons. The summed E-state index contributed by atoms with van der Waals surface area (Å²) in [5.41, 5.74) is -0.308. The summed E-state index contributed by atoms with van der Waals surface area (Å²) in [6.45, 7) is 4.09. The second kappa shape index (κ2) is 5.81. The molecule has 0 bridgehead atoms. The molecule has 2 N–H and O–H groups in total. The summed E-state index contributed by atoms with van der Waals surface area (Å²) in [7, 11) is 0. The highest BCUT2D eigenvalue weighted by Gasteiger charge is 2.58. The third-order valence-electron chi connectivity index (χ3n) is 8.78. The lowest BCUT2D eigenvalue weighted by Crippen LogP contribution is -2.51. The Bertz CT molecular complexity index is 513. The summed E-state index contributed by atoms with van der Waals surface area (Å²) in [4.78, 5) is 12.3. The van der Waals surface area contributed by atoms with Gasteiger partial charge in [0.1, 0.15) is 6.61 Å². The number of rotatable bonds is 2. The largest absolute Gasteiger partial charge is 0.390 e. The topological polar surface area (TPSA) is 57.5 Å². The molecule has 0 aromatic carbocycles. The third kappa shape index (κ3) is 2.49. The predicted molar refractivity (Wildman–Crippen MR) is 93.3 cm³/mol. The molecule has 4 aliphatic carbocycles. The highest BCUT2D eigenvalue weighted by Crippen LogP contribution is 2.64. The minimum atomic E-state index is -0.441. The maximum absolute atomic E-state index is 12.3. The maximum atomic E-state index is 12.3. The van der Waals surface area contributed by atoms with Gasteiger partial charge in [0.2, 0.25) is 0 Å². The molecule has 3 nitrogen and oxygen atoms in total. The molecule has 0 aromatic rings. The van der Waals surface area contributed by atoms with Crippen molar-refractivity contribution >= 4 is 5.78 Å². The summed E-state index contributed by atoms with van der Waals surface area (Å²) in [6, 6.07) is 0. The van der Waals surface area contributed by atoms with Crippen molar-refractivity contribution in [1.29, 1.82) is 0 Å². The molecule has 4 saturated carbocycles. The van der Waals surface area contributed by atoms with Crippen molar-refractivity contribution in [3.63, 3.8) is 0 Å². The zero-order valence-electron chi connectivity index (χ0n) is 15.3. The smallest absolute Gasteiger partial charge is 0.161 e. The van der Waals surface area contributed by atoms with Gasteiger partial charge in [0, 0.05) is 5.92 Å². The van der Waals surface area contributed by atoms with Gasteiger partial charge >= 0.3 is 0 Å². The van der Waals surface area contributed by atoms with Gasteiger partial charge in [-0.2, -0.15) is 0 Å². The van der Waals surface area contributed by atoms with Crippen LogP contribution in [0.15, 0.2) is 0 Å². The van der Waals surface area contributed by atoms with E-state index in [9.17, 15) is 15.0 Å². The fourth-order valence-corrected chi connectivity index (χ4v) is 7.72. The van der Waals surface area contributed by atoms with Gasteiger partial charge in [0.15, 0.2) is 5.78 Å². The van der Waals surface area contributed by atoms with E-state index in [1.165, 1.54) is 32.1 Å².